The first-order valence-electron chi connectivity index (χ1n) is 6.15. The molecule has 0 aliphatic heterocycles. The number of aryl methyl sites for hydroxylation is 1. The molecule has 0 unspecified atom stereocenters. The second kappa shape index (κ2) is 7.29. The van der Waals surface area contributed by atoms with Crippen molar-refractivity contribution in [1.82, 2.24) is 0 Å². The first kappa shape index (κ1) is 13.0. The van der Waals surface area contributed by atoms with Gasteiger partial charge in [-0.3, -0.25) is 0 Å². The minimum Gasteiger partial charge on any atom is -0.493 e. The molecule has 0 saturated carbocycles. The molecule has 2 N–H and O–H groups in total. The van der Waals surface area contributed by atoms with Crippen LogP contribution in [0.25, 0.3) is 0 Å². The maximum Gasteiger partial charge on any atom is 0.122 e. The highest BCUT2D eigenvalue weighted by Crippen LogP contribution is 2.20. The molecule has 1 rings (SSSR count). The van der Waals surface area contributed by atoms with Crippen LogP contribution in [0, 0.1) is 13.8 Å². The summed E-state index contributed by atoms with van der Waals surface area (Å²) in [4.78, 5) is 0. The standard InChI is InChI=1S/C14H23NO/c1-12-8-7-9-14(13(12)2)16-11-6-4-3-5-10-15/h7-9H,3-6,10-11,15H2,1-2H3. The van der Waals surface area contributed by atoms with E-state index >= 15 is 0 Å². The van der Waals surface area contributed by atoms with Crippen LogP contribution in [-0.2, 0) is 0 Å². The van der Waals surface area contributed by atoms with E-state index in [4.69, 9.17) is 10.5 Å². The summed E-state index contributed by atoms with van der Waals surface area (Å²) >= 11 is 0. The maximum absolute atomic E-state index is 5.77. The van der Waals surface area contributed by atoms with Gasteiger partial charge in [0.25, 0.3) is 0 Å². The van der Waals surface area contributed by atoms with Gasteiger partial charge in [-0.05, 0) is 50.4 Å². The van der Waals surface area contributed by atoms with E-state index in [1.54, 1.807) is 0 Å². The van der Waals surface area contributed by atoms with Crippen LogP contribution in [0.4, 0.5) is 0 Å². The van der Waals surface area contributed by atoms with Gasteiger partial charge in [0.05, 0.1) is 6.61 Å². The van der Waals surface area contributed by atoms with Gasteiger partial charge in [0.1, 0.15) is 5.75 Å². The lowest BCUT2D eigenvalue weighted by Crippen LogP contribution is -2.01. The Kier molecular flexibility index (Phi) is 5.94. The Morgan fingerprint density at radius 2 is 1.81 bits per heavy atom. The number of hydrogen-bond acceptors (Lipinski definition) is 2. The molecule has 0 atom stereocenters. The zero-order chi connectivity index (χ0) is 11.8. The molecule has 2 nitrogen and oxygen atoms in total. The second-order valence-corrected chi connectivity index (χ2v) is 4.25. The minimum absolute atomic E-state index is 0.803. The van der Waals surface area contributed by atoms with Crippen LogP contribution in [0.15, 0.2) is 18.2 Å². The number of hydrogen-bond donors (Lipinski definition) is 1. The van der Waals surface area contributed by atoms with Crippen molar-refractivity contribution in [2.24, 2.45) is 5.73 Å². The molecule has 0 heterocycles. The van der Waals surface area contributed by atoms with Gasteiger partial charge in [-0.2, -0.15) is 0 Å². The van der Waals surface area contributed by atoms with Gasteiger partial charge >= 0.3 is 0 Å². The number of nitrogens with two attached hydrogens (primary N) is 1. The highest BCUT2D eigenvalue weighted by molar-refractivity contribution is 5.38. The molecule has 0 radical (unpaired) electrons. The predicted molar refractivity (Wildman–Crippen MR) is 68.9 cm³/mol. The average Bonchev–Trinajstić information content (AvgIpc) is 2.29. The fourth-order valence-electron chi connectivity index (χ4n) is 1.66. The van der Waals surface area contributed by atoms with E-state index in [0.29, 0.717) is 0 Å². The molecule has 90 valence electrons. The number of ether oxygens (including phenoxy) is 1. The Morgan fingerprint density at radius 3 is 2.56 bits per heavy atom. The van der Waals surface area contributed by atoms with Gasteiger partial charge < -0.3 is 10.5 Å². The topological polar surface area (TPSA) is 35.2 Å². The monoisotopic (exact) mass is 221 g/mol. The van der Waals surface area contributed by atoms with Gasteiger partial charge in [-0.25, -0.2) is 0 Å². The van der Waals surface area contributed by atoms with Crippen molar-refractivity contribution in [2.45, 2.75) is 39.5 Å². The van der Waals surface area contributed by atoms with Gasteiger partial charge in [-0.15, -0.1) is 0 Å². The lowest BCUT2D eigenvalue weighted by atomic mass is 10.1. The summed E-state index contributed by atoms with van der Waals surface area (Å²) in [6.45, 7) is 5.84. The molecule has 0 fully saturated rings. The Hall–Kier alpha value is -1.02. The molecule has 0 aromatic heterocycles. The van der Waals surface area contributed by atoms with Crippen molar-refractivity contribution in [3.63, 3.8) is 0 Å². The Bertz CT molecular complexity index is 310. The molecular weight excluding hydrogens is 198 g/mol. The zero-order valence-electron chi connectivity index (χ0n) is 10.5. The predicted octanol–water partition coefficient (Wildman–Crippen LogP) is 3.20. The van der Waals surface area contributed by atoms with Crippen LogP contribution in [0.5, 0.6) is 5.75 Å². The number of unbranched alkanes of at least 4 members (excludes halogenated alkanes) is 3. The molecule has 0 saturated heterocycles. The molecular formula is C14H23NO. The highest BCUT2D eigenvalue weighted by atomic mass is 16.5. The second-order valence-electron chi connectivity index (χ2n) is 4.25. The van der Waals surface area contributed by atoms with Gasteiger partial charge in [-0.1, -0.05) is 25.0 Å². The molecule has 0 spiro atoms. The lowest BCUT2D eigenvalue weighted by Gasteiger charge is -2.10. The van der Waals surface area contributed by atoms with Crippen LogP contribution < -0.4 is 10.5 Å². The van der Waals surface area contributed by atoms with E-state index < -0.39 is 0 Å². The molecule has 16 heavy (non-hydrogen) atoms. The lowest BCUT2D eigenvalue weighted by molar-refractivity contribution is 0.302. The van der Waals surface area contributed by atoms with Crippen LogP contribution in [0.2, 0.25) is 0 Å². The highest BCUT2D eigenvalue weighted by Gasteiger charge is 2.00. The van der Waals surface area contributed by atoms with Gasteiger partial charge in [0, 0.05) is 0 Å². The largest absolute Gasteiger partial charge is 0.493 e. The maximum atomic E-state index is 5.77. The fourth-order valence-corrected chi connectivity index (χ4v) is 1.66. The Balaban J connectivity index is 2.24. The van der Waals surface area contributed by atoms with Gasteiger partial charge in [0.15, 0.2) is 0 Å². The minimum atomic E-state index is 0.803. The van der Waals surface area contributed by atoms with E-state index in [1.807, 2.05) is 12.1 Å². The number of rotatable bonds is 7. The first-order chi connectivity index (χ1) is 7.75. The van der Waals surface area contributed by atoms with Crippen molar-refractivity contribution in [1.29, 1.82) is 0 Å². The van der Waals surface area contributed by atoms with Crippen LogP contribution in [-0.4, -0.2) is 13.2 Å². The Morgan fingerprint density at radius 1 is 1.06 bits per heavy atom. The van der Waals surface area contributed by atoms with E-state index in [-0.39, 0.29) is 0 Å². The van der Waals surface area contributed by atoms with E-state index in [2.05, 4.69) is 19.9 Å². The number of benzene rings is 1. The quantitative estimate of drug-likeness (QED) is 0.718. The van der Waals surface area contributed by atoms with Crippen LogP contribution >= 0.6 is 0 Å². The van der Waals surface area contributed by atoms with Crippen LogP contribution in [0.1, 0.15) is 36.8 Å². The molecule has 0 aliphatic carbocycles. The van der Waals surface area contributed by atoms with Crippen molar-refractivity contribution in [3.05, 3.63) is 29.3 Å². The van der Waals surface area contributed by atoms with Crippen molar-refractivity contribution < 1.29 is 4.74 Å². The smallest absolute Gasteiger partial charge is 0.122 e. The third-order valence-electron chi connectivity index (χ3n) is 2.91. The molecule has 0 aliphatic rings. The van der Waals surface area contributed by atoms with Crippen molar-refractivity contribution >= 4 is 0 Å². The zero-order valence-corrected chi connectivity index (χ0v) is 10.5. The fraction of sp³-hybridized carbons (Fsp3) is 0.571. The normalized spacial score (nSPS) is 10.4. The molecule has 1 aromatic rings. The van der Waals surface area contributed by atoms with E-state index in [0.717, 1.165) is 31.7 Å². The molecule has 2 heteroatoms. The summed E-state index contributed by atoms with van der Waals surface area (Å²) in [5.41, 5.74) is 7.99. The first-order valence-corrected chi connectivity index (χ1v) is 6.15. The summed E-state index contributed by atoms with van der Waals surface area (Å²) in [7, 11) is 0. The molecule has 1 aromatic carbocycles. The molecule has 0 bridgehead atoms. The third-order valence-corrected chi connectivity index (χ3v) is 2.91. The average molecular weight is 221 g/mol. The van der Waals surface area contributed by atoms with Gasteiger partial charge in [0.2, 0.25) is 0 Å². The van der Waals surface area contributed by atoms with Crippen LogP contribution in [0.3, 0.4) is 0 Å². The SMILES string of the molecule is Cc1cccc(OCCCCCCN)c1C. The summed E-state index contributed by atoms with van der Waals surface area (Å²) < 4.78 is 5.77. The summed E-state index contributed by atoms with van der Waals surface area (Å²) in [5, 5.41) is 0. The summed E-state index contributed by atoms with van der Waals surface area (Å²) in [5.74, 6) is 1.03. The van der Waals surface area contributed by atoms with Crippen molar-refractivity contribution in [3.8, 4) is 5.75 Å². The molecule has 0 amide bonds. The Labute approximate surface area is 98.8 Å². The summed E-state index contributed by atoms with van der Waals surface area (Å²) in [6.07, 6.45) is 4.67. The van der Waals surface area contributed by atoms with E-state index in [1.165, 1.54) is 24.0 Å². The van der Waals surface area contributed by atoms with Crippen molar-refractivity contribution in [2.75, 3.05) is 13.2 Å². The summed E-state index contributed by atoms with van der Waals surface area (Å²) in [6, 6.07) is 6.21. The van der Waals surface area contributed by atoms with E-state index in [9.17, 15) is 0 Å². The third kappa shape index (κ3) is 4.23.